The van der Waals surface area contributed by atoms with Gasteiger partial charge in [0, 0.05) is 58.4 Å². The van der Waals surface area contributed by atoms with E-state index < -0.39 is 24.1 Å². The largest absolute Gasteiger partial charge is 0.508 e. The fraction of sp³-hybridized carbons (Fsp3) is 0.404. The Kier molecular flexibility index (Phi) is 16.4. The zero-order valence-electron chi connectivity index (χ0n) is 36.6. The molecule has 1 spiro atoms. The average Bonchev–Trinajstić information content (AvgIpc) is 3.62. The number of aliphatic carboxylic acids is 2. The summed E-state index contributed by atoms with van der Waals surface area (Å²) in [5.74, 6) is -1.00. The third-order valence-corrected chi connectivity index (χ3v) is 13.6. The second kappa shape index (κ2) is 21.1. The number of piperidine rings is 1. The molecule has 2 aliphatic carbocycles. The molecule has 2 fully saturated rings. The number of phenols is 1. The number of likely N-dealkylation sites (N-methyl/N-ethyl adjacent to an activating group) is 2. The van der Waals surface area contributed by atoms with Gasteiger partial charge in [-0.15, -0.1) is 12.4 Å². The van der Waals surface area contributed by atoms with Gasteiger partial charge in [-0.25, -0.2) is 9.59 Å². The SMILES string of the molecule is CC(=O)Nc1ccc(O)cc1.CC(CN1c2ccccc2Sc2ccccc21)N(C)C.COc1ccc2c3c1O[C@H]1C(=O)CC[C@H]4[C@@H](C2)N(C)CC[C@]314.Cl.O=C(O)[C@H](O)[C@@H](O)C(=O)O. The van der Waals surface area contributed by atoms with Crippen molar-refractivity contribution in [3.63, 3.8) is 0 Å². The first-order valence-corrected chi connectivity index (χ1v) is 21.6. The molecule has 1 saturated heterocycles. The zero-order chi connectivity index (χ0) is 45.7. The minimum absolute atomic E-state index is 0. The highest BCUT2D eigenvalue weighted by atomic mass is 35.5. The number of aromatic hydroxyl groups is 1. The van der Waals surface area contributed by atoms with E-state index >= 15 is 0 Å². The van der Waals surface area contributed by atoms with Crippen LogP contribution in [-0.4, -0.2) is 131 Å². The number of carbonyl (C=O) groups is 4. The molecule has 9 rings (SSSR count). The molecule has 64 heavy (non-hydrogen) atoms. The molecule has 7 atom stereocenters. The maximum atomic E-state index is 12.6. The van der Waals surface area contributed by atoms with Crippen LogP contribution in [0.4, 0.5) is 17.1 Å². The molecular weight excluding hydrogens is 864 g/mol. The van der Waals surface area contributed by atoms with Gasteiger partial charge in [0.2, 0.25) is 5.91 Å². The normalized spacial score (nSPS) is 21.9. The van der Waals surface area contributed by atoms with Gasteiger partial charge in [-0.2, -0.15) is 0 Å². The molecule has 3 aliphatic heterocycles. The molecule has 15 nitrogen and oxygen atoms in total. The van der Waals surface area contributed by atoms with E-state index in [0.717, 1.165) is 43.9 Å². The highest BCUT2D eigenvalue weighted by Crippen LogP contribution is 2.63. The fourth-order valence-corrected chi connectivity index (χ4v) is 10.2. The van der Waals surface area contributed by atoms with Crippen LogP contribution in [0.1, 0.15) is 44.2 Å². The minimum atomic E-state index is -2.27. The summed E-state index contributed by atoms with van der Waals surface area (Å²) in [6.45, 7) is 5.76. The number of aliphatic hydroxyl groups excluding tert-OH is 2. The maximum absolute atomic E-state index is 12.6. The van der Waals surface area contributed by atoms with Crippen molar-refractivity contribution in [2.75, 3.05) is 51.6 Å². The van der Waals surface area contributed by atoms with Crippen molar-refractivity contribution in [2.45, 2.75) is 85.1 Å². The van der Waals surface area contributed by atoms with Crippen molar-refractivity contribution >= 4 is 64.9 Å². The van der Waals surface area contributed by atoms with Crippen LogP contribution >= 0.6 is 24.2 Å². The number of anilines is 3. The first-order valence-electron chi connectivity index (χ1n) is 20.8. The molecule has 6 N–H and O–H groups in total. The second-order valence-electron chi connectivity index (χ2n) is 16.5. The number of likely N-dealkylation sites (tertiary alicyclic amines) is 1. The van der Waals surface area contributed by atoms with E-state index in [1.54, 1.807) is 19.2 Å². The van der Waals surface area contributed by atoms with Crippen molar-refractivity contribution in [3.8, 4) is 17.2 Å². The van der Waals surface area contributed by atoms with E-state index in [-0.39, 0.29) is 41.4 Å². The van der Waals surface area contributed by atoms with Gasteiger partial charge in [-0.05, 0) is 120 Å². The maximum Gasteiger partial charge on any atom is 0.335 e. The molecule has 1 saturated carbocycles. The van der Waals surface area contributed by atoms with E-state index in [1.165, 1.54) is 51.3 Å². The van der Waals surface area contributed by atoms with Gasteiger partial charge in [-0.1, -0.05) is 42.1 Å². The summed E-state index contributed by atoms with van der Waals surface area (Å²) in [7, 11) is 8.19. The monoisotopic (exact) mass is 920 g/mol. The lowest BCUT2D eigenvalue weighted by Crippen LogP contribution is -2.65. The Labute approximate surface area is 383 Å². The number of benzene rings is 4. The van der Waals surface area contributed by atoms with Crippen molar-refractivity contribution in [1.82, 2.24) is 9.80 Å². The number of amides is 1. The van der Waals surface area contributed by atoms with Gasteiger partial charge in [0.05, 0.1) is 18.5 Å². The van der Waals surface area contributed by atoms with E-state index in [4.69, 9.17) is 35.0 Å². The number of carboxylic acids is 2. The number of phenolic OH excluding ortho intramolecular Hbond substituents is 1. The highest BCUT2D eigenvalue weighted by molar-refractivity contribution is 7.99. The fourth-order valence-electron chi connectivity index (χ4n) is 9.09. The van der Waals surface area contributed by atoms with Gasteiger partial charge < -0.3 is 55.0 Å². The van der Waals surface area contributed by atoms with Crippen molar-refractivity contribution in [2.24, 2.45) is 5.92 Å². The molecule has 0 radical (unpaired) electrons. The average molecular weight is 922 g/mol. The third kappa shape index (κ3) is 10.3. The first-order chi connectivity index (χ1) is 30.0. The number of ether oxygens (including phenoxy) is 2. The van der Waals surface area contributed by atoms with E-state index in [0.29, 0.717) is 30.1 Å². The molecule has 4 aromatic rings. The Morgan fingerprint density at radius 1 is 0.938 bits per heavy atom. The molecule has 0 aromatic heterocycles. The predicted molar refractivity (Wildman–Crippen MR) is 246 cm³/mol. The number of carbonyl (C=O) groups excluding carboxylic acids is 2. The van der Waals surface area contributed by atoms with Crippen LogP contribution in [-0.2, 0) is 31.0 Å². The van der Waals surface area contributed by atoms with Gasteiger partial charge in [0.15, 0.2) is 35.6 Å². The number of hydrogen-bond donors (Lipinski definition) is 6. The van der Waals surface area contributed by atoms with E-state index in [2.05, 4.69) is 103 Å². The Hall–Kier alpha value is -5.36. The number of Topliss-reactive ketones (excluding diaryl/α,β-unsaturated/α-hetero) is 1. The lowest BCUT2D eigenvalue weighted by Gasteiger charge is -2.57. The standard InChI is InChI=1S/C18H21NO3.C17H20N2S.C8H9NO2.C4H6O6.ClH/c1-19-8-7-18-11-4-5-13(20)17(18)22-16-14(21-2)6-3-10(15(16)18)9-12(11)19;1-13(18(2)3)12-19-14-8-4-6-10-16(14)20-17-11-7-5-9-15(17)19;1-6(10)9-7-2-4-8(11)5-3-7;5-1(3(7)8)2(6)4(9)10;/h3,6,11-12,17H,4-5,7-9H2,1-2H3;4-11,13H,12H2,1-3H3;2-5,11H,1H3,(H,9,10);1-2,5-6H,(H,7,8)(H,9,10);1H/t11-,12+,17-,18-;;;1-,2-;/m0..1./s1. The van der Waals surface area contributed by atoms with Gasteiger partial charge in [0.25, 0.3) is 0 Å². The summed E-state index contributed by atoms with van der Waals surface area (Å²) >= 11 is 1.87. The lowest BCUT2D eigenvalue weighted by molar-refractivity contribution is -0.165. The Morgan fingerprint density at radius 2 is 1.52 bits per heavy atom. The quantitative estimate of drug-likeness (QED) is 0.115. The van der Waals surface area contributed by atoms with Crippen LogP contribution < -0.4 is 19.7 Å². The predicted octanol–water partition coefficient (Wildman–Crippen LogP) is 5.82. The molecule has 2 bridgehead atoms. The first kappa shape index (κ1) is 49.7. The van der Waals surface area contributed by atoms with Crippen molar-refractivity contribution in [3.05, 3.63) is 96.1 Å². The van der Waals surface area contributed by atoms with Crippen molar-refractivity contribution in [1.29, 1.82) is 0 Å². The van der Waals surface area contributed by atoms with Crippen LogP contribution in [0, 0.1) is 5.92 Å². The topological polar surface area (TPSA) is 210 Å². The van der Waals surface area contributed by atoms with Crippen molar-refractivity contribution < 1.29 is 54.2 Å². The van der Waals surface area contributed by atoms with Crippen LogP contribution in [0.3, 0.4) is 0 Å². The van der Waals surface area contributed by atoms with Crippen LogP contribution in [0.5, 0.6) is 17.2 Å². The number of para-hydroxylation sites is 2. The summed E-state index contributed by atoms with van der Waals surface area (Å²) in [5, 5.41) is 44.0. The number of fused-ring (bicyclic) bond motifs is 2. The molecular formula is C47H57ClN4O11S. The molecule has 4 aromatic carbocycles. The number of rotatable bonds is 8. The smallest absolute Gasteiger partial charge is 0.335 e. The van der Waals surface area contributed by atoms with Gasteiger partial charge in [0.1, 0.15) is 5.75 Å². The number of methoxy groups -OCH3 is 1. The summed E-state index contributed by atoms with van der Waals surface area (Å²) in [4.78, 5) is 52.6. The third-order valence-electron chi connectivity index (χ3n) is 12.4. The number of nitrogens with zero attached hydrogens (tertiary/aromatic N) is 3. The Morgan fingerprint density at radius 3 is 2.05 bits per heavy atom. The molecule has 1 unspecified atom stereocenters. The Balaban J connectivity index is 0.000000169. The van der Waals surface area contributed by atoms with Crippen LogP contribution in [0.2, 0.25) is 0 Å². The summed E-state index contributed by atoms with van der Waals surface area (Å²) < 4.78 is 11.8. The number of aliphatic hydroxyl groups is 2. The van der Waals surface area contributed by atoms with Gasteiger partial charge in [-0.3, -0.25) is 9.59 Å². The molecule has 344 valence electrons. The summed E-state index contributed by atoms with van der Waals surface area (Å²) in [6.07, 6.45) is -1.06. The minimum Gasteiger partial charge on any atom is -0.508 e. The number of halogens is 1. The number of ketones is 1. The summed E-state index contributed by atoms with van der Waals surface area (Å²) in [6, 6.07) is 28.9. The second-order valence-corrected chi connectivity index (χ2v) is 17.6. The van der Waals surface area contributed by atoms with Crippen LogP contribution in [0.25, 0.3) is 0 Å². The lowest BCUT2D eigenvalue weighted by atomic mass is 9.52. The highest BCUT2D eigenvalue weighted by Gasteiger charge is 2.65. The summed E-state index contributed by atoms with van der Waals surface area (Å²) in [5.41, 5.74) is 5.91. The number of carboxylic acid groups (broad SMARTS) is 2. The zero-order valence-corrected chi connectivity index (χ0v) is 38.3. The molecule has 1 amide bonds. The number of hydrogen-bond acceptors (Lipinski definition) is 13. The van der Waals surface area contributed by atoms with E-state index in [1.807, 2.05) is 17.8 Å². The van der Waals surface area contributed by atoms with Crippen LogP contribution in [0.15, 0.2) is 94.7 Å². The Bertz CT molecular complexity index is 2250. The molecule has 5 aliphatic rings. The molecule has 17 heteroatoms. The van der Waals surface area contributed by atoms with Gasteiger partial charge >= 0.3 is 11.9 Å². The molecule has 3 heterocycles. The van der Waals surface area contributed by atoms with E-state index in [9.17, 15) is 19.2 Å². The number of nitrogens with one attached hydrogen (secondary N) is 1.